The Morgan fingerprint density at radius 1 is 1.60 bits per heavy atom. The number of carbonyl (C=O) groups is 1. The molecule has 1 aromatic rings. The summed E-state index contributed by atoms with van der Waals surface area (Å²) in [6.07, 6.45) is 1.29. The fourth-order valence-corrected chi connectivity index (χ4v) is 1.99. The molecule has 2 atom stereocenters. The van der Waals surface area contributed by atoms with Gasteiger partial charge in [-0.1, -0.05) is 0 Å². The van der Waals surface area contributed by atoms with Gasteiger partial charge in [-0.05, 0) is 13.3 Å². The third kappa shape index (κ3) is 1.68. The predicted octanol–water partition coefficient (Wildman–Crippen LogP) is -0.421. The average molecular weight is 209 g/mol. The first kappa shape index (κ1) is 9.97. The van der Waals surface area contributed by atoms with E-state index in [9.17, 15) is 4.79 Å². The zero-order chi connectivity index (χ0) is 11.0. The topological polar surface area (TPSA) is 110 Å². The smallest absolute Gasteiger partial charge is 0.220 e. The van der Waals surface area contributed by atoms with Gasteiger partial charge in [-0.3, -0.25) is 9.89 Å². The third-order valence-corrected chi connectivity index (χ3v) is 2.82. The lowest BCUT2D eigenvalue weighted by molar-refractivity contribution is -0.119. The molecule has 1 fully saturated rings. The van der Waals surface area contributed by atoms with Crippen molar-refractivity contribution in [3.8, 4) is 0 Å². The van der Waals surface area contributed by atoms with Crippen molar-refractivity contribution in [3.05, 3.63) is 11.3 Å². The minimum atomic E-state index is -0.282. The van der Waals surface area contributed by atoms with Crippen LogP contribution >= 0.6 is 0 Å². The van der Waals surface area contributed by atoms with E-state index in [-0.39, 0.29) is 18.0 Å². The summed E-state index contributed by atoms with van der Waals surface area (Å²) in [7, 11) is 0. The van der Waals surface area contributed by atoms with Crippen molar-refractivity contribution in [1.29, 1.82) is 0 Å². The van der Waals surface area contributed by atoms with E-state index >= 15 is 0 Å². The van der Waals surface area contributed by atoms with Gasteiger partial charge in [-0.25, -0.2) is 0 Å². The Morgan fingerprint density at radius 2 is 2.33 bits per heavy atom. The minimum Gasteiger partial charge on any atom is -0.382 e. The van der Waals surface area contributed by atoms with Gasteiger partial charge in [0.25, 0.3) is 0 Å². The lowest BCUT2D eigenvalue weighted by atomic mass is 9.99. The number of amides is 1. The number of carbonyl (C=O) groups excluding carboxylic acids is 1. The number of nitrogen functional groups attached to an aromatic ring is 1. The molecule has 6 heteroatoms. The van der Waals surface area contributed by atoms with Crippen molar-refractivity contribution >= 4 is 11.7 Å². The summed E-state index contributed by atoms with van der Waals surface area (Å²) in [5.41, 5.74) is 13.4. The first-order valence-corrected chi connectivity index (χ1v) is 4.95. The lowest BCUT2D eigenvalue weighted by Gasteiger charge is -2.19. The number of nitrogens with one attached hydrogen (secondary N) is 2. The van der Waals surface area contributed by atoms with E-state index in [2.05, 4.69) is 15.5 Å². The summed E-state index contributed by atoms with van der Waals surface area (Å²) in [5.74, 6) is 0.469. The van der Waals surface area contributed by atoms with Gasteiger partial charge >= 0.3 is 0 Å². The number of anilines is 1. The second kappa shape index (κ2) is 3.54. The molecule has 1 aromatic heterocycles. The number of aromatic nitrogens is 2. The summed E-state index contributed by atoms with van der Waals surface area (Å²) >= 11 is 0. The van der Waals surface area contributed by atoms with Crippen LogP contribution < -0.4 is 16.8 Å². The molecular formula is C9H15N5O. The number of aryl methyl sites for hydroxylation is 1. The van der Waals surface area contributed by atoms with Crippen LogP contribution in [0.3, 0.4) is 0 Å². The number of hydrogen-bond donors (Lipinski definition) is 4. The van der Waals surface area contributed by atoms with Gasteiger partial charge in [0, 0.05) is 23.7 Å². The molecule has 6 nitrogen and oxygen atoms in total. The molecule has 0 aliphatic carbocycles. The van der Waals surface area contributed by atoms with E-state index in [4.69, 9.17) is 11.5 Å². The van der Waals surface area contributed by atoms with Crippen molar-refractivity contribution in [2.75, 3.05) is 5.73 Å². The summed E-state index contributed by atoms with van der Waals surface area (Å²) in [4.78, 5) is 11.1. The number of rotatable bonds is 2. The van der Waals surface area contributed by atoms with Crippen LogP contribution in [0, 0.1) is 6.92 Å². The Morgan fingerprint density at radius 3 is 2.80 bits per heavy atom. The van der Waals surface area contributed by atoms with E-state index in [1.165, 1.54) is 0 Å². The lowest BCUT2D eigenvalue weighted by Crippen LogP contribution is -2.36. The van der Waals surface area contributed by atoms with Crippen LogP contribution in [0.15, 0.2) is 0 Å². The van der Waals surface area contributed by atoms with Gasteiger partial charge in [0.15, 0.2) is 0 Å². The molecule has 0 unspecified atom stereocenters. The van der Waals surface area contributed by atoms with E-state index in [0.29, 0.717) is 12.2 Å². The van der Waals surface area contributed by atoms with Crippen molar-refractivity contribution in [2.24, 2.45) is 5.73 Å². The van der Waals surface area contributed by atoms with Gasteiger partial charge in [-0.2, -0.15) is 5.10 Å². The quantitative estimate of drug-likeness (QED) is 0.530. The highest BCUT2D eigenvalue weighted by Crippen LogP contribution is 2.26. The maximum Gasteiger partial charge on any atom is 0.220 e. The molecular weight excluding hydrogens is 194 g/mol. The molecule has 2 rings (SSSR count). The first-order valence-electron chi connectivity index (χ1n) is 4.95. The molecule has 0 aromatic carbocycles. The normalized spacial score (nSPS) is 22.8. The number of nitrogens with two attached hydrogens (primary N) is 2. The van der Waals surface area contributed by atoms with E-state index in [1.54, 1.807) is 0 Å². The fraction of sp³-hybridized carbons (Fsp3) is 0.556. The van der Waals surface area contributed by atoms with E-state index in [0.717, 1.165) is 17.7 Å². The largest absolute Gasteiger partial charge is 0.382 e. The average Bonchev–Trinajstić information content (AvgIpc) is 2.73. The molecule has 0 bridgehead atoms. The molecule has 15 heavy (non-hydrogen) atoms. The van der Waals surface area contributed by atoms with Crippen LogP contribution in [0.1, 0.15) is 30.1 Å². The number of hydrogen-bond acceptors (Lipinski definition) is 4. The van der Waals surface area contributed by atoms with Gasteiger partial charge in [0.2, 0.25) is 5.91 Å². The van der Waals surface area contributed by atoms with Crippen molar-refractivity contribution in [3.63, 3.8) is 0 Å². The maximum atomic E-state index is 11.1. The maximum absolute atomic E-state index is 11.1. The minimum absolute atomic E-state index is 0.0314. The zero-order valence-corrected chi connectivity index (χ0v) is 8.58. The summed E-state index contributed by atoms with van der Waals surface area (Å²) in [6.45, 7) is 1.87. The van der Waals surface area contributed by atoms with Crippen LogP contribution in [0.25, 0.3) is 0 Å². The van der Waals surface area contributed by atoms with Crippen LogP contribution in [0.4, 0.5) is 5.82 Å². The standard InChI is InChI=1S/C9H15N5O/c1-4-7(9(11)14-13-4)8(10)5-2-3-6(15)12-5/h5,8H,2-3,10H2,1H3,(H,12,15)(H3,11,13,14)/t5-,8+/m0/s1. The molecule has 1 saturated heterocycles. The second-order valence-electron chi connectivity index (χ2n) is 3.89. The monoisotopic (exact) mass is 209 g/mol. The Bertz CT molecular complexity index is 366. The van der Waals surface area contributed by atoms with Gasteiger partial charge in [-0.15, -0.1) is 0 Å². The molecule has 1 amide bonds. The van der Waals surface area contributed by atoms with E-state index < -0.39 is 0 Å². The fourth-order valence-electron chi connectivity index (χ4n) is 1.99. The molecule has 0 saturated carbocycles. The summed E-state index contributed by atoms with van der Waals surface area (Å²) in [5, 5.41) is 9.51. The molecule has 1 aliphatic heterocycles. The van der Waals surface area contributed by atoms with Crippen LogP contribution in [0.5, 0.6) is 0 Å². The van der Waals surface area contributed by atoms with Gasteiger partial charge < -0.3 is 16.8 Å². The second-order valence-corrected chi connectivity index (χ2v) is 3.89. The summed E-state index contributed by atoms with van der Waals surface area (Å²) < 4.78 is 0. The number of H-pyrrole nitrogens is 1. The third-order valence-electron chi connectivity index (χ3n) is 2.82. The SMILES string of the molecule is Cc1[nH]nc(N)c1[C@H](N)[C@@H]1CCC(=O)N1. The molecule has 82 valence electrons. The van der Waals surface area contributed by atoms with Crippen molar-refractivity contribution < 1.29 is 4.79 Å². The number of nitrogens with zero attached hydrogens (tertiary/aromatic N) is 1. The van der Waals surface area contributed by atoms with Crippen LogP contribution in [0.2, 0.25) is 0 Å². The highest BCUT2D eigenvalue weighted by atomic mass is 16.1. The Kier molecular flexibility index (Phi) is 2.36. The Hall–Kier alpha value is -1.56. The molecule has 0 spiro atoms. The highest BCUT2D eigenvalue weighted by Gasteiger charge is 2.30. The van der Waals surface area contributed by atoms with Crippen molar-refractivity contribution in [1.82, 2.24) is 15.5 Å². The molecule has 0 radical (unpaired) electrons. The molecule has 2 heterocycles. The van der Waals surface area contributed by atoms with Crippen molar-refractivity contribution in [2.45, 2.75) is 31.8 Å². The van der Waals surface area contributed by atoms with Crippen LogP contribution in [-0.2, 0) is 4.79 Å². The van der Waals surface area contributed by atoms with Crippen LogP contribution in [-0.4, -0.2) is 22.1 Å². The Balaban J connectivity index is 2.20. The predicted molar refractivity (Wildman–Crippen MR) is 55.8 cm³/mol. The molecule has 6 N–H and O–H groups in total. The summed E-state index contributed by atoms with van der Waals surface area (Å²) in [6, 6.07) is -0.314. The number of aromatic amines is 1. The highest BCUT2D eigenvalue weighted by molar-refractivity contribution is 5.78. The van der Waals surface area contributed by atoms with Gasteiger partial charge in [0.05, 0.1) is 6.04 Å². The molecule has 1 aliphatic rings. The Labute approximate surface area is 87.4 Å². The van der Waals surface area contributed by atoms with E-state index in [1.807, 2.05) is 6.92 Å². The first-order chi connectivity index (χ1) is 7.09. The zero-order valence-electron chi connectivity index (χ0n) is 8.58. The van der Waals surface area contributed by atoms with Gasteiger partial charge in [0.1, 0.15) is 5.82 Å².